The minimum absolute atomic E-state index is 0.133. The van der Waals surface area contributed by atoms with Crippen LogP contribution in [0, 0.1) is 0 Å². The molecule has 120 valence electrons. The Morgan fingerprint density at radius 3 is 2.87 bits per heavy atom. The molecular weight excluding hydrogens is 290 g/mol. The highest BCUT2D eigenvalue weighted by Gasteiger charge is 2.32. The number of benzene rings is 1. The Labute approximate surface area is 135 Å². The van der Waals surface area contributed by atoms with Gasteiger partial charge < -0.3 is 9.47 Å². The van der Waals surface area contributed by atoms with E-state index in [1.807, 2.05) is 35.2 Å². The van der Waals surface area contributed by atoms with Gasteiger partial charge in [0.2, 0.25) is 5.91 Å². The standard InChI is InChI=1S/C17H21N5O/c23-17-14(9-11-21(17)13-6-2-1-3-7-13)18-12-16-20-19-15-8-4-5-10-22(15)16/h1-3,6-7,14,18H,4-5,8-12H2/t14-/m0/s1. The molecule has 6 nitrogen and oxygen atoms in total. The third-order valence-electron chi connectivity index (χ3n) is 4.72. The second kappa shape index (κ2) is 6.12. The number of para-hydroxylation sites is 1. The van der Waals surface area contributed by atoms with Gasteiger partial charge in [0, 0.05) is 25.2 Å². The van der Waals surface area contributed by atoms with Gasteiger partial charge in [-0.3, -0.25) is 10.1 Å². The SMILES string of the molecule is O=C1[C@@H](NCc2nnc3n2CCCC3)CCN1c1ccccc1. The molecule has 4 rings (SSSR count). The van der Waals surface area contributed by atoms with Gasteiger partial charge in [-0.2, -0.15) is 0 Å². The highest BCUT2D eigenvalue weighted by atomic mass is 16.2. The molecule has 1 aromatic carbocycles. The molecular formula is C17H21N5O. The largest absolute Gasteiger partial charge is 0.314 e. The Hall–Kier alpha value is -2.21. The van der Waals surface area contributed by atoms with Crippen molar-refractivity contribution in [2.45, 2.75) is 44.8 Å². The first-order valence-electron chi connectivity index (χ1n) is 8.34. The van der Waals surface area contributed by atoms with Crippen LogP contribution in [-0.4, -0.2) is 33.3 Å². The lowest BCUT2D eigenvalue weighted by Crippen LogP contribution is -2.38. The van der Waals surface area contributed by atoms with Crippen molar-refractivity contribution in [2.24, 2.45) is 0 Å². The number of carbonyl (C=O) groups is 1. The molecule has 6 heteroatoms. The number of carbonyl (C=O) groups excluding carboxylic acids is 1. The lowest BCUT2D eigenvalue weighted by molar-refractivity contribution is -0.118. The summed E-state index contributed by atoms with van der Waals surface area (Å²) < 4.78 is 2.20. The van der Waals surface area contributed by atoms with Crippen molar-refractivity contribution in [1.29, 1.82) is 0 Å². The van der Waals surface area contributed by atoms with Crippen LogP contribution in [-0.2, 0) is 24.3 Å². The number of nitrogens with zero attached hydrogens (tertiary/aromatic N) is 4. The monoisotopic (exact) mass is 311 g/mol. The average Bonchev–Trinajstić information content (AvgIpc) is 3.17. The van der Waals surface area contributed by atoms with E-state index in [2.05, 4.69) is 20.1 Å². The molecule has 1 amide bonds. The predicted octanol–water partition coefficient (Wildman–Crippen LogP) is 1.51. The van der Waals surface area contributed by atoms with Gasteiger partial charge in [-0.25, -0.2) is 0 Å². The maximum atomic E-state index is 12.6. The average molecular weight is 311 g/mol. The van der Waals surface area contributed by atoms with Crippen molar-refractivity contribution in [2.75, 3.05) is 11.4 Å². The van der Waals surface area contributed by atoms with E-state index in [-0.39, 0.29) is 11.9 Å². The Morgan fingerprint density at radius 1 is 1.13 bits per heavy atom. The van der Waals surface area contributed by atoms with Gasteiger partial charge in [-0.05, 0) is 31.4 Å². The van der Waals surface area contributed by atoms with E-state index >= 15 is 0 Å². The van der Waals surface area contributed by atoms with Crippen LogP contribution in [0.5, 0.6) is 0 Å². The molecule has 1 saturated heterocycles. The number of aromatic nitrogens is 3. The number of hydrogen-bond acceptors (Lipinski definition) is 4. The van der Waals surface area contributed by atoms with E-state index < -0.39 is 0 Å². The number of rotatable bonds is 4. The molecule has 0 aliphatic carbocycles. The zero-order chi connectivity index (χ0) is 15.6. The summed E-state index contributed by atoms with van der Waals surface area (Å²) in [5.41, 5.74) is 0.974. The quantitative estimate of drug-likeness (QED) is 0.930. The highest BCUT2D eigenvalue weighted by Crippen LogP contribution is 2.21. The number of anilines is 1. The third-order valence-corrected chi connectivity index (χ3v) is 4.72. The molecule has 23 heavy (non-hydrogen) atoms. The van der Waals surface area contributed by atoms with Gasteiger partial charge in [-0.1, -0.05) is 18.2 Å². The van der Waals surface area contributed by atoms with Gasteiger partial charge in [-0.15, -0.1) is 10.2 Å². The molecule has 0 bridgehead atoms. The van der Waals surface area contributed by atoms with Gasteiger partial charge in [0.25, 0.3) is 0 Å². The van der Waals surface area contributed by atoms with Crippen LogP contribution in [0.4, 0.5) is 5.69 Å². The van der Waals surface area contributed by atoms with Crippen molar-refractivity contribution in [1.82, 2.24) is 20.1 Å². The summed E-state index contributed by atoms with van der Waals surface area (Å²) in [7, 11) is 0. The van der Waals surface area contributed by atoms with Crippen LogP contribution in [0.2, 0.25) is 0 Å². The Morgan fingerprint density at radius 2 is 2.00 bits per heavy atom. The molecule has 0 unspecified atom stereocenters. The maximum absolute atomic E-state index is 12.6. The number of aryl methyl sites for hydroxylation is 1. The fourth-order valence-electron chi connectivity index (χ4n) is 3.45. The highest BCUT2D eigenvalue weighted by molar-refractivity contribution is 5.99. The van der Waals surface area contributed by atoms with Crippen LogP contribution in [0.15, 0.2) is 30.3 Å². The zero-order valence-corrected chi connectivity index (χ0v) is 13.1. The summed E-state index contributed by atoms with van der Waals surface area (Å²) in [5, 5.41) is 11.9. The number of nitrogens with one attached hydrogen (secondary N) is 1. The molecule has 1 atom stereocenters. The van der Waals surface area contributed by atoms with Crippen molar-refractivity contribution in [3.8, 4) is 0 Å². The molecule has 1 fully saturated rings. The zero-order valence-electron chi connectivity index (χ0n) is 13.1. The lowest BCUT2D eigenvalue weighted by Gasteiger charge is -2.18. The number of amides is 1. The van der Waals surface area contributed by atoms with Crippen molar-refractivity contribution in [3.63, 3.8) is 0 Å². The summed E-state index contributed by atoms with van der Waals surface area (Å²) in [6.45, 7) is 2.36. The molecule has 3 heterocycles. The Bertz CT molecular complexity index is 696. The molecule has 0 spiro atoms. The first kappa shape index (κ1) is 14.4. The smallest absolute Gasteiger partial charge is 0.244 e. The summed E-state index contributed by atoms with van der Waals surface area (Å²) in [4.78, 5) is 14.4. The minimum atomic E-state index is -0.133. The second-order valence-corrected chi connectivity index (χ2v) is 6.19. The van der Waals surface area contributed by atoms with E-state index in [1.54, 1.807) is 0 Å². The van der Waals surface area contributed by atoms with E-state index in [9.17, 15) is 4.79 Å². The third kappa shape index (κ3) is 2.74. The summed E-state index contributed by atoms with van der Waals surface area (Å²) >= 11 is 0. The normalized spacial score (nSPS) is 20.8. The fourth-order valence-corrected chi connectivity index (χ4v) is 3.45. The van der Waals surface area contributed by atoms with Gasteiger partial charge in [0.1, 0.15) is 11.6 Å². The summed E-state index contributed by atoms with van der Waals surface area (Å²) in [5.74, 6) is 2.18. The van der Waals surface area contributed by atoms with Crippen LogP contribution < -0.4 is 10.2 Å². The Balaban J connectivity index is 1.41. The first-order chi connectivity index (χ1) is 11.3. The second-order valence-electron chi connectivity index (χ2n) is 6.19. The summed E-state index contributed by atoms with van der Waals surface area (Å²) in [6.07, 6.45) is 4.22. The van der Waals surface area contributed by atoms with Crippen molar-refractivity contribution < 1.29 is 4.79 Å². The fraction of sp³-hybridized carbons (Fsp3) is 0.471. The maximum Gasteiger partial charge on any atom is 0.244 e. The number of fused-ring (bicyclic) bond motifs is 1. The number of hydrogen-bond donors (Lipinski definition) is 1. The van der Waals surface area contributed by atoms with E-state index in [1.165, 1.54) is 12.8 Å². The molecule has 0 saturated carbocycles. The lowest BCUT2D eigenvalue weighted by atomic mass is 10.1. The van der Waals surface area contributed by atoms with Gasteiger partial charge in [0.05, 0.1) is 12.6 Å². The molecule has 2 aromatic rings. The van der Waals surface area contributed by atoms with E-state index in [0.29, 0.717) is 6.54 Å². The topological polar surface area (TPSA) is 63.1 Å². The Kier molecular flexibility index (Phi) is 3.83. The molecule has 1 aromatic heterocycles. The van der Waals surface area contributed by atoms with Crippen LogP contribution in [0.3, 0.4) is 0 Å². The molecule has 0 radical (unpaired) electrons. The van der Waals surface area contributed by atoms with Gasteiger partial charge >= 0.3 is 0 Å². The molecule has 2 aliphatic rings. The van der Waals surface area contributed by atoms with Crippen molar-refractivity contribution >= 4 is 11.6 Å². The summed E-state index contributed by atoms with van der Waals surface area (Å²) in [6, 6.07) is 9.72. The van der Waals surface area contributed by atoms with Crippen LogP contribution >= 0.6 is 0 Å². The minimum Gasteiger partial charge on any atom is -0.314 e. The van der Waals surface area contributed by atoms with Crippen LogP contribution in [0.25, 0.3) is 0 Å². The van der Waals surface area contributed by atoms with Crippen LogP contribution in [0.1, 0.15) is 30.9 Å². The molecule has 1 N–H and O–H groups in total. The first-order valence-corrected chi connectivity index (χ1v) is 8.34. The van der Waals surface area contributed by atoms with Crippen molar-refractivity contribution in [3.05, 3.63) is 42.0 Å². The van der Waals surface area contributed by atoms with E-state index in [4.69, 9.17) is 0 Å². The molecule has 2 aliphatic heterocycles. The van der Waals surface area contributed by atoms with Gasteiger partial charge in [0.15, 0.2) is 0 Å². The predicted molar refractivity (Wildman–Crippen MR) is 87.0 cm³/mol. The van der Waals surface area contributed by atoms with E-state index in [0.717, 1.165) is 43.3 Å².